The summed E-state index contributed by atoms with van der Waals surface area (Å²) in [6.07, 6.45) is 2.71. The molecule has 0 saturated carbocycles. The van der Waals surface area contributed by atoms with Gasteiger partial charge in [0, 0.05) is 23.0 Å². The number of hydrogen-bond acceptors (Lipinski definition) is 6. The molecule has 1 atom stereocenters. The minimum Gasteiger partial charge on any atom is -0.386 e. The smallest absolute Gasteiger partial charge is 0.274 e. The number of amides is 1. The van der Waals surface area contributed by atoms with Crippen LogP contribution in [0.3, 0.4) is 0 Å². The van der Waals surface area contributed by atoms with Crippen LogP contribution in [0.25, 0.3) is 6.08 Å². The van der Waals surface area contributed by atoms with Crippen LogP contribution < -0.4 is 11.1 Å². The van der Waals surface area contributed by atoms with Gasteiger partial charge in [0.15, 0.2) is 0 Å². The molecule has 0 bridgehead atoms. The molecule has 2 heterocycles. The maximum absolute atomic E-state index is 14.8. The van der Waals surface area contributed by atoms with E-state index in [0.29, 0.717) is 10.6 Å². The summed E-state index contributed by atoms with van der Waals surface area (Å²) in [4.78, 5) is 20.9. The summed E-state index contributed by atoms with van der Waals surface area (Å²) < 4.78 is 49.1. The maximum Gasteiger partial charge on any atom is 0.274 e. The van der Waals surface area contributed by atoms with Crippen molar-refractivity contribution >= 4 is 45.7 Å². The number of aliphatic imine (C=N–C) groups is 1. The number of benzene rings is 1. The van der Waals surface area contributed by atoms with Crippen molar-refractivity contribution in [3.05, 3.63) is 64.7 Å². The fraction of sp³-hybridized carbons (Fsp3) is 0.286. The summed E-state index contributed by atoms with van der Waals surface area (Å²) in [6.45, 7) is 5.35. The number of aromatic nitrogens is 1. The van der Waals surface area contributed by atoms with Gasteiger partial charge in [0.25, 0.3) is 5.91 Å². The van der Waals surface area contributed by atoms with E-state index in [1.807, 2.05) is 0 Å². The van der Waals surface area contributed by atoms with E-state index in [9.17, 15) is 22.7 Å². The van der Waals surface area contributed by atoms with Crippen molar-refractivity contribution in [1.29, 1.82) is 0 Å². The van der Waals surface area contributed by atoms with Crippen LogP contribution in [0.5, 0.6) is 0 Å². The molecule has 0 saturated heterocycles. The lowest BCUT2D eigenvalue weighted by molar-refractivity contribution is 0.102. The Kier molecular flexibility index (Phi) is 6.36. The molecule has 0 unspecified atom stereocenters. The fourth-order valence-corrected chi connectivity index (χ4v) is 5.18. The molecule has 32 heavy (non-hydrogen) atoms. The highest BCUT2D eigenvalue weighted by Gasteiger charge is 2.51. The van der Waals surface area contributed by atoms with Crippen molar-refractivity contribution in [2.24, 2.45) is 10.7 Å². The van der Waals surface area contributed by atoms with Crippen molar-refractivity contribution in [2.75, 3.05) is 17.7 Å². The van der Waals surface area contributed by atoms with Gasteiger partial charge in [-0.2, -0.15) is 10.6 Å². The highest BCUT2D eigenvalue weighted by Crippen LogP contribution is 2.59. The lowest BCUT2D eigenvalue weighted by Gasteiger charge is -2.53. The van der Waals surface area contributed by atoms with Crippen molar-refractivity contribution in [3.8, 4) is 0 Å². The van der Waals surface area contributed by atoms with Crippen LogP contribution in [-0.2, 0) is 5.54 Å². The monoisotopic (exact) mass is 484 g/mol. The third-order valence-corrected chi connectivity index (χ3v) is 8.40. The molecule has 2 aromatic rings. The second kappa shape index (κ2) is 8.43. The molecule has 11 heteroatoms. The van der Waals surface area contributed by atoms with E-state index in [2.05, 4.69) is 21.9 Å². The normalized spacial score (nSPS) is 22.5. The molecule has 0 fully saturated rings. The zero-order valence-electron chi connectivity index (χ0n) is 17.4. The van der Waals surface area contributed by atoms with Crippen LogP contribution in [0.15, 0.2) is 42.0 Å². The number of hydrogen-bond donors (Lipinski definition) is 4. The van der Waals surface area contributed by atoms with Crippen LogP contribution in [-0.4, -0.2) is 43.0 Å². The van der Waals surface area contributed by atoms with Gasteiger partial charge >= 0.3 is 0 Å². The topological polar surface area (TPSA) is 121 Å². The Morgan fingerprint density at radius 3 is 2.69 bits per heavy atom. The molecule has 1 aliphatic heterocycles. The number of nitrogens with two attached hydrogens (primary N) is 1. The van der Waals surface area contributed by atoms with Crippen molar-refractivity contribution in [1.82, 2.24) is 4.98 Å². The van der Waals surface area contributed by atoms with E-state index >= 15 is 0 Å². The number of pyridine rings is 1. The second-order valence-electron chi connectivity index (χ2n) is 7.93. The van der Waals surface area contributed by atoms with Gasteiger partial charge in [-0.3, -0.25) is 18.9 Å². The number of carbonyl (C=O) groups is 1. The van der Waals surface area contributed by atoms with E-state index < -0.39 is 45.0 Å². The Labute approximate surface area is 190 Å². The van der Waals surface area contributed by atoms with Gasteiger partial charge in [-0.25, -0.2) is 13.8 Å². The number of amidine groups is 1. The Morgan fingerprint density at radius 1 is 1.41 bits per heavy atom. The number of halogens is 3. The summed E-state index contributed by atoms with van der Waals surface area (Å²) in [7, 11) is -3.47. The van der Waals surface area contributed by atoms with Crippen LogP contribution in [0.2, 0.25) is 5.02 Å². The van der Waals surface area contributed by atoms with E-state index in [1.54, 1.807) is 0 Å². The molecule has 1 amide bonds. The fourth-order valence-electron chi connectivity index (χ4n) is 3.31. The number of nitrogens with zero attached hydrogens (tertiary/aromatic N) is 2. The quantitative estimate of drug-likeness (QED) is 0.484. The Hall–Kier alpha value is -2.53. The van der Waals surface area contributed by atoms with Gasteiger partial charge in [-0.1, -0.05) is 24.3 Å². The largest absolute Gasteiger partial charge is 0.386 e. The zero-order valence-corrected chi connectivity index (χ0v) is 19.0. The van der Waals surface area contributed by atoms with Crippen molar-refractivity contribution in [3.63, 3.8) is 0 Å². The van der Waals surface area contributed by atoms with Gasteiger partial charge in [-0.05, 0) is 38.1 Å². The lowest BCUT2D eigenvalue weighted by atomic mass is 9.92. The van der Waals surface area contributed by atoms with Crippen LogP contribution in [0, 0.1) is 5.82 Å². The highest BCUT2D eigenvalue weighted by molar-refractivity contribution is 8.26. The first-order valence-electron chi connectivity index (χ1n) is 9.43. The van der Waals surface area contributed by atoms with E-state index in [1.165, 1.54) is 44.3 Å². The SMILES string of the molecule is C=Cc1cc(Cl)cnc1C(=O)Nc1ccc(F)c([C@]2(CF)CS(O)(O)C(C)(C)C(N)=N2)c1. The van der Waals surface area contributed by atoms with Gasteiger partial charge in [0.2, 0.25) is 0 Å². The van der Waals surface area contributed by atoms with Gasteiger partial charge in [0.1, 0.15) is 34.3 Å². The van der Waals surface area contributed by atoms with Crippen LogP contribution in [0.4, 0.5) is 14.5 Å². The van der Waals surface area contributed by atoms with Gasteiger partial charge in [-0.15, -0.1) is 0 Å². The number of alkyl halides is 1. The summed E-state index contributed by atoms with van der Waals surface area (Å²) in [5, 5.41) is 2.89. The first-order chi connectivity index (χ1) is 14.9. The van der Waals surface area contributed by atoms with Gasteiger partial charge < -0.3 is 11.1 Å². The molecule has 7 nitrogen and oxygen atoms in total. The Balaban J connectivity index is 2.03. The molecule has 3 rings (SSSR count). The molecule has 0 radical (unpaired) electrons. The standard InChI is InChI=1S/C21H23ClF2N4O3S/c1-4-12-7-13(22)9-26-17(12)18(29)27-14-5-6-16(24)15(8-14)21(10-23)11-32(30,31)20(2,3)19(25)28-21/h4-9,30-31H,1,10-11H2,2-3H3,(H2,25,28)(H,27,29)/t21-/m0/s1. The van der Waals surface area contributed by atoms with Gasteiger partial charge in [0.05, 0.1) is 10.8 Å². The Bertz CT molecular complexity index is 1130. The molecule has 0 aliphatic carbocycles. The van der Waals surface area contributed by atoms with Crippen LogP contribution >= 0.6 is 22.2 Å². The molecule has 0 spiro atoms. The minimum atomic E-state index is -3.47. The predicted octanol–water partition coefficient (Wildman–Crippen LogP) is 4.83. The molecule has 172 valence electrons. The highest BCUT2D eigenvalue weighted by atomic mass is 35.5. The molecular formula is C21H23ClF2N4O3S. The average molecular weight is 485 g/mol. The average Bonchev–Trinajstić information content (AvgIpc) is 2.73. The maximum atomic E-state index is 14.8. The van der Waals surface area contributed by atoms with Crippen molar-refractivity contribution in [2.45, 2.75) is 24.1 Å². The Morgan fingerprint density at radius 2 is 2.09 bits per heavy atom. The van der Waals surface area contributed by atoms with E-state index in [0.717, 1.165) is 6.07 Å². The van der Waals surface area contributed by atoms with Crippen molar-refractivity contribution < 1.29 is 22.7 Å². The second-order valence-corrected chi connectivity index (χ2v) is 11.0. The first kappa shape index (κ1) is 24.1. The number of rotatable bonds is 5. The summed E-state index contributed by atoms with van der Waals surface area (Å²) >= 11 is 5.89. The first-order valence-corrected chi connectivity index (χ1v) is 11.5. The number of carbonyl (C=O) groups excluding carboxylic acids is 1. The minimum absolute atomic E-state index is 0.0336. The lowest BCUT2D eigenvalue weighted by Crippen LogP contribution is -2.53. The third-order valence-electron chi connectivity index (χ3n) is 5.47. The third kappa shape index (κ3) is 4.11. The molecule has 1 aromatic heterocycles. The van der Waals surface area contributed by atoms with E-state index in [-0.39, 0.29) is 22.8 Å². The summed E-state index contributed by atoms with van der Waals surface area (Å²) in [5.41, 5.74) is 4.27. The molecule has 1 aromatic carbocycles. The summed E-state index contributed by atoms with van der Waals surface area (Å²) in [5.74, 6) is -2.21. The zero-order chi connectivity index (χ0) is 23.9. The molecule has 1 aliphatic rings. The number of anilines is 1. The summed E-state index contributed by atoms with van der Waals surface area (Å²) in [6, 6.07) is 5.02. The predicted molar refractivity (Wildman–Crippen MR) is 125 cm³/mol. The van der Waals surface area contributed by atoms with E-state index in [4.69, 9.17) is 17.3 Å². The molecule has 5 N–H and O–H groups in total. The number of nitrogens with one attached hydrogen (secondary N) is 1. The van der Waals surface area contributed by atoms with Crippen LogP contribution in [0.1, 0.15) is 35.5 Å². The molecular weight excluding hydrogens is 462 g/mol.